The van der Waals surface area contributed by atoms with Gasteiger partial charge in [-0.05, 0) is 13.8 Å². The summed E-state index contributed by atoms with van der Waals surface area (Å²) in [6.07, 6.45) is -0.504. The molecule has 1 heterocycles. The lowest BCUT2D eigenvalue weighted by Gasteiger charge is -2.09. The lowest BCUT2D eigenvalue weighted by atomic mass is 10.4. The summed E-state index contributed by atoms with van der Waals surface area (Å²) in [6, 6.07) is 1.71. The van der Waals surface area contributed by atoms with Crippen LogP contribution in [0.15, 0.2) is 11.2 Å². The zero-order valence-electron chi connectivity index (χ0n) is 9.51. The first-order valence-corrected chi connectivity index (χ1v) is 6.10. The number of anilines is 1. The largest absolute Gasteiger partial charge is 0.390 e. The highest BCUT2D eigenvalue weighted by atomic mass is 32.2. The summed E-state index contributed by atoms with van der Waals surface area (Å²) in [5.74, 6) is 0.956. The minimum absolute atomic E-state index is 0.338. The van der Waals surface area contributed by atoms with Crippen LogP contribution < -0.4 is 5.73 Å². The van der Waals surface area contributed by atoms with Crippen molar-refractivity contribution < 1.29 is 9.84 Å². The Labute approximate surface area is 99.4 Å². The number of ether oxygens (including phenoxy) is 1. The lowest BCUT2D eigenvalue weighted by molar-refractivity contribution is 0.0551. The number of rotatable bonds is 6. The lowest BCUT2D eigenvalue weighted by Crippen LogP contribution is -2.18. The normalized spacial score (nSPS) is 12.7. The average molecular weight is 243 g/mol. The summed E-state index contributed by atoms with van der Waals surface area (Å²) in [5.41, 5.74) is 6.42. The Morgan fingerprint density at radius 3 is 2.94 bits per heavy atom. The van der Waals surface area contributed by atoms with Crippen LogP contribution in [0.1, 0.15) is 12.6 Å². The van der Waals surface area contributed by atoms with Crippen LogP contribution in [0, 0.1) is 6.92 Å². The van der Waals surface area contributed by atoms with E-state index in [1.165, 1.54) is 11.8 Å². The van der Waals surface area contributed by atoms with E-state index in [0.717, 1.165) is 5.69 Å². The van der Waals surface area contributed by atoms with Crippen LogP contribution in [-0.2, 0) is 4.74 Å². The van der Waals surface area contributed by atoms with Crippen LogP contribution in [0.2, 0.25) is 0 Å². The van der Waals surface area contributed by atoms with E-state index in [1.807, 2.05) is 13.8 Å². The third kappa shape index (κ3) is 4.78. The smallest absolute Gasteiger partial charge is 0.189 e. The van der Waals surface area contributed by atoms with Crippen molar-refractivity contribution in [3.63, 3.8) is 0 Å². The van der Waals surface area contributed by atoms with Crippen molar-refractivity contribution in [3.05, 3.63) is 11.8 Å². The van der Waals surface area contributed by atoms with Gasteiger partial charge in [0.05, 0.1) is 12.7 Å². The minimum atomic E-state index is -0.504. The molecule has 1 aromatic heterocycles. The van der Waals surface area contributed by atoms with E-state index in [-0.39, 0.29) is 0 Å². The number of aromatic nitrogens is 2. The number of aliphatic hydroxyl groups excluding tert-OH is 1. The highest BCUT2D eigenvalue weighted by Crippen LogP contribution is 2.16. The summed E-state index contributed by atoms with van der Waals surface area (Å²) in [6.45, 7) is 4.70. The van der Waals surface area contributed by atoms with Crippen LogP contribution in [0.3, 0.4) is 0 Å². The molecule has 16 heavy (non-hydrogen) atoms. The second-order valence-electron chi connectivity index (χ2n) is 3.34. The molecule has 0 saturated carbocycles. The van der Waals surface area contributed by atoms with Gasteiger partial charge in [0.25, 0.3) is 0 Å². The maximum atomic E-state index is 9.55. The molecule has 1 unspecified atom stereocenters. The second kappa shape index (κ2) is 6.67. The number of nitrogens with zero attached hydrogens (tertiary/aromatic N) is 2. The van der Waals surface area contributed by atoms with Gasteiger partial charge in [0, 0.05) is 24.1 Å². The number of hydrogen-bond acceptors (Lipinski definition) is 6. The maximum Gasteiger partial charge on any atom is 0.189 e. The predicted molar refractivity (Wildman–Crippen MR) is 64.4 cm³/mol. The van der Waals surface area contributed by atoms with E-state index < -0.39 is 6.10 Å². The summed E-state index contributed by atoms with van der Waals surface area (Å²) >= 11 is 1.38. The van der Waals surface area contributed by atoms with Gasteiger partial charge in [-0.2, -0.15) is 0 Å². The summed E-state index contributed by atoms with van der Waals surface area (Å²) < 4.78 is 5.10. The molecule has 0 aromatic carbocycles. The SMILES string of the molecule is CCOCC(O)CSc1nc(C)cc(N)n1. The molecule has 3 N–H and O–H groups in total. The van der Waals surface area contributed by atoms with E-state index in [0.29, 0.717) is 29.9 Å². The molecule has 0 fully saturated rings. The number of thioether (sulfide) groups is 1. The van der Waals surface area contributed by atoms with Crippen molar-refractivity contribution in [3.8, 4) is 0 Å². The average Bonchev–Trinajstić information content (AvgIpc) is 2.22. The van der Waals surface area contributed by atoms with Crippen molar-refractivity contribution in [2.75, 3.05) is 24.7 Å². The van der Waals surface area contributed by atoms with E-state index >= 15 is 0 Å². The van der Waals surface area contributed by atoms with E-state index in [4.69, 9.17) is 10.5 Å². The number of aliphatic hydroxyl groups is 1. The number of nitrogens with two attached hydrogens (primary N) is 1. The van der Waals surface area contributed by atoms with E-state index in [1.54, 1.807) is 6.07 Å². The van der Waals surface area contributed by atoms with Crippen LogP contribution >= 0.6 is 11.8 Å². The van der Waals surface area contributed by atoms with Crippen molar-refractivity contribution in [1.29, 1.82) is 0 Å². The highest BCUT2D eigenvalue weighted by molar-refractivity contribution is 7.99. The van der Waals surface area contributed by atoms with Gasteiger partial charge in [0.2, 0.25) is 0 Å². The molecule has 0 spiro atoms. The van der Waals surface area contributed by atoms with Gasteiger partial charge in [-0.1, -0.05) is 11.8 Å². The fourth-order valence-electron chi connectivity index (χ4n) is 1.10. The second-order valence-corrected chi connectivity index (χ2v) is 4.33. The van der Waals surface area contributed by atoms with Crippen LogP contribution in [0.5, 0.6) is 0 Å². The van der Waals surface area contributed by atoms with Gasteiger partial charge in [0.15, 0.2) is 5.16 Å². The molecule has 0 bridgehead atoms. The third-order valence-electron chi connectivity index (χ3n) is 1.77. The Kier molecular flexibility index (Phi) is 5.51. The number of nitrogen functional groups attached to an aromatic ring is 1. The first kappa shape index (κ1) is 13.2. The molecule has 1 rings (SSSR count). The molecule has 1 aromatic rings. The van der Waals surface area contributed by atoms with Crippen LogP contribution in [0.4, 0.5) is 5.82 Å². The quantitative estimate of drug-likeness (QED) is 0.569. The Morgan fingerprint density at radius 2 is 2.31 bits per heavy atom. The molecule has 90 valence electrons. The molecule has 1 atom stereocenters. The first-order valence-electron chi connectivity index (χ1n) is 5.11. The standard InChI is InChI=1S/C10H17N3O2S/c1-3-15-5-8(14)6-16-10-12-7(2)4-9(11)13-10/h4,8,14H,3,5-6H2,1-2H3,(H2,11,12,13). The highest BCUT2D eigenvalue weighted by Gasteiger charge is 2.07. The fraction of sp³-hybridized carbons (Fsp3) is 0.600. The number of aryl methyl sites for hydroxylation is 1. The van der Waals surface area contributed by atoms with Gasteiger partial charge < -0.3 is 15.6 Å². The zero-order chi connectivity index (χ0) is 12.0. The van der Waals surface area contributed by atoms with Crippen molar-refractivity contribution in [2.24, 2.45) is 0 Å². The van der Waals surface area contributed by atoms with Crippen molar-refractivity contribution in [2.45, 2.75) is 25.1 Å². The Balaban J connectivity index is 2.41. The van der Waals surface area contributed by atoms with Crippen LogP contribution in [0.25, 0.3) is 0 Å². The van der Waals surface area contributed by atoms with E-state index in [9.17, 15) is 5.11 Å². The molecular formula is C10H17N3O2S. The van der Waals surface area contributed by atoms with Crippen LogP contribution in [-0.4, -0.2) is 40.1 Å². The van der Waals surface area contributed by atoms with Crippen molar-refractivity contribution >= 4 is 17.6 Å². The van der Waals surface area contributed by atoms with Gasteiger partial charge in [-0.3, -0.25) is 0 Å². The summed E-state index contributed by atoms with van der Waals surface area (Å²) in [5, 5.41) is 10.1. The fourth-order valence-corrected chi connectivity index (χ4v) is 1.92. The topological polar surface area (TPSA) is 81.3 Å². The van der Waals surface area contributed by atoms with Gasteiger partial charge in [-0.25, -0.2) is 9.97 Å². The van der Waals surface area contributed by atoms with Gasteiger partial charge in [0.1, 0.15) is 5.82 Å². The molecule has 6 heteroatoms. The van der Waals surface area contributed by atoms with Gasteiger partial charge >= 0.3 is 0 Å². The monoisotopic (exact) mass is 243 g/mol. The summed E-state index contributed by atoms with van der Waals surface area (Å²) in [7, 11) is 0. The Hall–Kier alpha value is -0.850. The Bertz CT molecular complexity index is 316. The predicted octanol–water partition coefficient (Wildman–Crippen LogP) is 0.857. The molecular weight excluding hydrogens is 226 g/mol. The summed E-state index contributed by atoms with van der Waals surface area (Å²) in [4.78, 5) is 8.27. The van der Waals surface area contributed by atoms with Gasteiger partial charge in [-0.15, -0.1) is 0 Å². The molecule has 0 saturated heterocycles. The zero-order valence-corrected chi connectivity index (χ0v) is 10.3. The molecule has 5 nitrogen and oxygen atoms in total. The Morgan fingerprint density at radius 1 is 1.56 bits per heavy atom. The van der Waals surface area contributed by atoms with E-state index in [2.05, 4.69) is 9.97 Å². The minimum Gasteiger partial charge on any atom is -0.390 e. The molecule has 0 amide bonds. The molecule has 0 aliphatic heterocycles. The number of hydrogen-bond donors (Lipinski definition) is 2. The third-order valence-corrected chi connectivity index (χ3v) is 2.76. The molecule has 0 aliphatic rings. The molecule has 0 radical (unpaired) electrons. The molecule has 0 aliphatic carbocycles. The first-order chi connectivity index (χ1) is 7.61. The van der Waals surface area contributed by atoms with Crippen molar-refractivity contribution in [1.82, 2.24) is 9.97 Å². The maximum absolute atomic E-state index is 9.55.